The van der Waals surface area contributed by atoms with E-state index in [1.807, 2.05) is 12.1 Å². The lowest BCUT2D eigenvalue weighted by molar-refractivity contribution is 0.475. The number of hydrogen-bond acceptors (Lipinski definition) is 1. The van der Waals surface area contributed by atoms with Crippen LogP contribution in [0.3, 0.4) is 0 Å². The van der Waals surface area contributed by atoms with Gasteiger partial charge in [-0.25, -0.2) is 0 Å². The van der Waals surface area contributed by atoms with Crippen LogP contribution in [0, 0.1) is 0 Å². The average Bonchev–Trinajstić information content (AvgIpc) is 2.29. The molecule has 1 heteroatoms. The van der Waals surface area contributed by atoms with Gasteiger partial charge in [0.05, 0.1) is 0 Å². The third-order valence-electron chi connectivity index (χ3n) is 2.73. The van der Waals surface area contributed by atoms with Gasteiger partial charge in [-0.1, -0.05) is 50.2 Å². The van der Waals surface area contributed by atoms with Gasteiger partial charge in [-0.2, -0.15) is 0 Å². The fourth-order valence-corrected chi connectivity index (χ4v) is 1.76. The minimum absolute atomic E-state index is 0.312. The lowest BCUT2D eigenvalue weighted by Gasteiger charge is -2.08. The third-order valence-corrected chi connectivity index (χ3v) is 2.73. The van der Waals surface area contributed by atoms with Crippen molar-refractivity contribution in [3.63, 3.8) is 0 Å². The van der Waals surface area contributed by atoms with Gasteiger partial charge in [-0.05, 0) is 34.7 Å². The largest absolute Gasteiger partial charge is 0.508 e. The minimum atomic E-state index is 0.312. The van der Waals surface area contributed by atoms with Crippen LogP contribution >= 0.6 is 0 Å². The van der Waals surface area contributed by atoms with Crippen LogP contribution in [-0.2, 0) is 0 Å². The smallest absolute Gasteiger partial charge is 0.116 e. The van der Waals surface area contributed by atoms with Gasteiger partial charge >= 0.3 is 0 Å². The van der Waals surface area contributed by atoms with Crippen LogP contribution in [0.25, 0.3) is 11.1 Å². The predicted octanol–water partition coefficient (Wildman–Crippen LogP) is 4.18. The van der Waals surface area contributed by atoms with E-state index < -0.39 is 0 Å². The van der Waals surface area contributed by atoms with Gasteiger partial charge in [0.1, 0.15) is 5.75 Å². The Kier molecular flexibility index (Phi) is 2.95. The van der Waals surface area contributed by atoms with Crippen molar-refractivity contribution in [2.45, 2.75) is 19.8 Å². The van der Waals surface area contributed by atoms with E-state index in [0.29, 0.717) is 11.7 Å². The summed E-state index contributed by atoms with van der Waals surface area (Å²) in [7, 11) is 0. The summed E-state index contributed by atoms with van der Waals surface area (Å²) in [6.07, 6.45) is 0. The topological polar surface area (TPSA) is 20.2 Å². The second kappa shape index (κ2) is 4.40. The van der Waals surface area contributed by atoms with E-state index in [4.69, 9.17) is 0 Å². The molecule has 0 radical (unpaired) electrons. The maximum atomic E-state index is 9.45. The summed E-state index contributed by atoms with van der Waals surface area (Å²) in [6, 6.07) is 15.8. The molecule has 0 aliphatic rings. The van der Waals surface area contributed by atoms with Gasteiger partial charge in [-0.3, -0.25) is 0 Å². The molecule has 0 unspecified atom stereocenters. The van der Waals surface area contributed by atoms with Crippen LogP contribution < -0.4 is 0 Å². The van der Waals surface area contributed by atoms with E-state index in [2.05, 4.69) is 38.1 Å². The molecule has 0 saturated carbocycles. The number of rotatable bonds is 2. The van der Waals surface area contributed by atoms with Crippen molar-refractivity contribution in [1.82, 2.24) is 0 Å². The molecule has 0 amide bonds. The van der Waals surface area contributed by atoms with Gasteiger partial charge in [-0.15, -0.1) is 0 Å². The Morgan fingerprint density at radius 3 is 2.12 bits per heavy atom. The highest BCUT2D eigenvalue weighted by Gasteiger charge is 2.02. The summed E-state index contributed by atoms with van der Waals surface area (Å²) in [6.45, 7) is 4.36. The molecule has 2 aromatic carbocycles. The summed E-state index contributed by atoms with van der Waals surface area (Å²) in [4.78, 5) is 0. The highest BCUT2D eigenvalue weighted by atomic mass is 16.3. The van der Waals surface area contributed by atoms with Gasteiger partial charge in [0.15, 0.2) is 0 Å². The van der Waals surface area contributed by atoms with Gasteiger partial charge in [0, 0.05) is 0 Å². The molecular weight excluding hydrogens is 196 g/mol. The zero-order chi connectivity index (χ0) is 11.5. The Balaban J connectivity index is 2.44. The molecule has 0 heterocycles. The van der Waals surface area contributed by atoms with Gasteiger partial charge in [0.25, 0.3) is 0 Å². The molecule has 0 atom stereocenters. The number of benzene rings is 2. The average molecular weight is 212 g/mol. The maximum absolute atomic E-state index is 9.45. The van der Waals surface area contributed by atoms with E-state index in [0.717, 1.165) is 11.1 Å². The maximum Gasteiger partial charge on any atom is 0.116 e. The molecule has 1 N–H and O–H groups in total. The molecule has 82 valence electrons. The van der Waals surface area contributed by atoms with Crippen molar-refractivity contribution >= 4 is 0 Å². The van der Waals surface area contributed by atoms with Crippen molar-refractivity contribution in [3.05, 3.63) is 54.1 Å². The zero-order valence-corrected chi connectivity index (χ0v) is 9.64. The van der Waals surface area contributed by atoms with Crippen LogP contribution in [0.4, 0.5) is 0 Å². The lowest BCUT2D eigenvalue weighted by Crippen LogP contribution is -1.87. The fourth-order valence-electron chi connectivity index (χ4n) is 1.76. The number of aromatic hydroxyl groups is 1. The van der Waals surface area contributed by atoms with Crippen molar-refractivity contribution in [1.29, 1.82) is 0 Å². The highest BCUT2D eigenvalue weighted by molar-refractivity contribution is 5.65. The van der Waals surface area contributed by atoms with Gasteiger partial charge < -0.3 is 5.11 Å². The Bertz CT molecular complexity index is 486. The first-order valence-corrected chi connectivity index (χ1v) is 5.56. The number of hydrogen-bond donors (Lipinski definition) is 1. The van der Waals surface area contributed by atoms with Crippen LogP contribution in [0.5, 0.6) is 5.75 Å². The van der Waals surface area contributed by atoms with Crippen LogP contribution in [0.1, 0.15) is 25.3 Å². The molecular formula is C15H16O. The molecule has 2 aromatic rings. The molecule has 0 fully saturated rings. The second-order valence-corrected chi connectivity index (χ2v) is 4.33. The van der Waals surface area contributed by atoms with Crippen LogP contribution in [0.15, 0.2) is 48.5 Å². The molecule has 2 rings (SSSR count). The first-order valence-electron chi connectivity index (χ1n) is 5.56. The molecule has 1 nitrogen and oxygen atoms in total. The minimum Gasteiger partial charge on any atom is -0.508 e. The van der Waals surface area contributed by atoms with E-state index in [1.165, 1.54) is 5.56 Å². The third kappa shape index (κ3) is 2.25. The number of phenolic OH excluding ortho intramolecular Hbond substituents is 1. The van der Waals surface area contributed by atoms with Crippen molar-refractivity contribution < 1.29 is 5.11 Å². The molecule has 0 aromatic heterocycles. The normalized spacial score (nSPS) is 10.7. The van der Waals surface area contributed by atoms with Crippen molar-refractivity contribution in [2.24, 2.45) is 0 Å². The first-order chi connectivity index (χ1) is 7.66. The van der Waals surface area contributed by atoms with Crippen molar-refractivity contribution in [3.8, 4) is 16.9 Å². The van der Waals surface area contributed by atoms with Crippen LogP contribution in [0.2, 0.25) is 0 Å². The molecule has 16 heavy (non-hydrogen) atoms. The molecule has 0 spiro atoms. The standard InChI is InChI=1S/C15H16O/c1-11(2)12-5-3-6-13(9-12)14-7-4-8-15(16)10-14/h3-11,16H,1-2H3. The molecule has 0 bridgehead atoms. The van der Waals surface area contributed by atoms with E-state index in [-0.39, 0.29) is 0 Å². The summed E-state index contributed by atoms with van der Waals surface area (Å²) < 4.78 is 0. The second-order valence-electron chi connectivity index (χ2n) is 4.33. The Hall–Kier alpha value is -1.76. The highest BCUT2D eigenvalue weighted by Crippen LogP contribution is 2.26. The van der Waals surface area contributed by atoms with E-state index >= 15 is 0 Å². The zero-order valence-electron chi connectivity index (χ0n) is 9.64. The summed E-state index contributed by atoms with van der Waals surface area (Å²) >= 11 is 0. The first kappa shape index (κ1) is 10.7. The fraction of sp³-hybridized carbons (Fsp3) is 0.200. The number of phenols is 1. The lowest BCUT2D eigenvalue weighted by atomic mass is 9.97. The monoisotopic (exact) mass is 212 g/mol. The Morgan fingerprint density at radius 2 is 1.50 bits per heavy atom. The van der Waals surface area contributed by atoms with Gasteiger partial charge in [0.2, 0.25) is 0 Å². The summed E-state index contributed by atoms with van der Waals surface area (Å²) in [5.41, 5.74) is 3.53. The predicted molar refractivity (Wildman–Crippen MR) is 67.6 cm³/mol. The molecule has 0 aliphatic heterocycles. The summed E-state index contributed by atoms with van der Waals surface area (Å²) in [5, 5.41) is 9.45. The van der Waals surface area contributed by atoms with E-state index in [1.54, 1.807) is 12.1 Å². The molecule has 0 saturated heterocycles. The summed E-state index contributed by atoms with van der Waals surface area (Å²) in [5.74, 6) is 0.838. The molecule has 0 aliphatic carbocycles. The SMILES string of the molecule is CC(C)c1cccc(-c2cccc(O)c2)c1. The Morgan fingerprint density at radius 1 is 0.875 bits per heavy atom. The van der Waals surface area contributed by atoms with Crippen molar-refractivity contribution in [2.75, 3.05) is 0 Å². The Labute approximate surface area is 96.4 Å². The van der Waals surface area contributed by atoms with E-state index in [9.17, 15) is 5.11 Å². The van der Waals surface area contributed by atoms with Crippen LogP contribution in [-0.4, -0.2) is 5.11 Å². The quantitative estimate of drug-likeness (QED) is 0.791.